The number of allylic oxidation sites excluding steroid dienone is 1. The third-order valence-electron chi connectivity index (χ3n) is 3.45. The van der Waals surface area contributed by atoms with Gasteiger partial charge in [-0.05, 0) is 56.5 Å². The van der Waals surface area contributed by atoms with Gasteiger partial charge >= 0.3 is 0 Å². The average Bonchev–Trinajstić information content (AvgIpc) is 2.54. The van der Waals surface area contributed by atoms with E-state index in [1.54, 1.807) is 0 Å². The Balaban J connectivity index is 2.27. The number of hydrogen-bond donors (Lipinski definition) is 1. The molecule has 98 valence electrons. The van der Waals surface area contributed by atoms with Crippen LogP contribution in [-0.4, -0.2) is 35.6 Å². The van der Waals surface area contributed by atoms with Gasteiger partial charge < -0.3 is 10.0 Å². The Kier molecular flexibility index (Phi) is 4.37. The van der Waals surface area contributed by atoms with Crippen molar-refractivity contribution < 1.29 is 5.11 Å². The molecule has 0 aliphatic heterocycles. The highest BCUT2D eigenvalue weighted by Gasteiger charge is 2.19. The lowest BCUT2D eigenvalue weighted by atomic mass is 9.90. The lowest BCUT2D eigenvalue weighted by molar-refractivity contribution is 0.351. The Morgan fingerprint density at radius 1 is 1.33 bits per heavy atom. The predicted molar refractivity (Wildman–Crippen MR) is 74.4 cm³/mol. The Morgan fingerprint density at radius 3 is 2.89 bits per heavy atom. The summed E-state index contributed by atoms with van der Waals surface area (Å²) in [7, 11) is 4.23. The van der Waals surface area contributed by atoms with Crippen LogP contribution >= 0.6 is 0 Å². The first-order valence-corrected chi connectivity index (χ1v) is 6.66. The molecule has 0 aromatic carbocycles. The molecule has 18 heavy (non-hydrogen) atoms. The summed E-state index contributed by atoms with van der Waals surface area (Å²) in [5, 5.41) is 9.58. The van der Waals surface area contributed by atoms with Gasteiger partial charge in [0, 0.05) is 12.7 Å². The molecule has 1 unspecified atom stereocenters. The summed E-state index contributed by atoms with van der Waals surface area (Å²) in [5.41, 5.74) is 2.42. The van der Waals surface area contributed by atoms with E-state index in [2.05, 4.69) is 30.1 Å². The molecule has 3 heteroatoms. The van der Waals surface area contributed by atoms with E-state index in [9.17, 15) is 5.11 Å². The maximum Gasteiger partial charge on any atom is 0.134 e. The lowest BCUT2D eigenvalue weighted by Gasteiger charge is -2.23. The van der Waals surface area contributed by atoms with E-state index < -0.39 is 0 Å². The zero-order chi connectivity index (χ0) is 13.0. The van der Waals surface area contributed by atoms with Gasteiger partial charge in [0.25, 0.3) is 0 Å². The van der Waals surface area contributed by atoms with Gasteiger partial charge in [-0.15, -0.1) is 0 Å². The highest BCUT2D eigenvalue weighted by molar-refractivity contribution is 5.68. The maximum absolute atomic E-state index is 9.58. The van der Waals surface area contributed by atoms with Crippen LogP contribution < -0.4 is 0 Å². The van der Waals surface area contributed by atoms with Gasteiger partial charge in [-0.2, -0.15) is 0 Å². The summed E-state index contributed by atoms with van der Waals surface area (Å²) in [6.45, 7) is 1.06. The fraction of sp³-hybridized carbons (Fsp3) is 0.533. The Labute approximate surface area is 109 Å². The molecule has 1 aliphatic carbocycles. The quantitative estimate of drug-likeness (QED) is 0.891. The molecule has 1 aliphatic rings. The highest BCUT2D eigenvalue weighted by atomic mass is 16.3. The minimum Gasteiger partial charge on any atom is -0.506 e. The molecule has 1 heterocycles. The van der Waals surface area contributed by atoms with Crippen LogP contribution in [0.1, 0.15) is 31.2 Å². The van der Waals surface area contributed by atoms with Crippen LogP contribution in [0.25, 0.3) is 5.57 Å². The fourth-order valence-electron chi connectivity index (χ4n) is 2.68. The van der Waals surface area contributed by atoms with Crippen LogP contribution in [0.2, 0.25) is 0 Å². The largest absolute Gasteiger partial charge is 0.506 e. The summed E-state index contributed by atoms with van der Waals surface area (Å²) in [5.74, 6) is 0.798. The summed E-state index contributed by atoms with van der Waals surface area (Å²) in [6, 6.07) is 1.83. The van der Waals surface area contributed by atoms with E-state index in [1.807, 2.05) is 12.3 Å². The van der Waals surface area contributed by atoms with Crippen LogP contribution in [-0.2, 0) is 0 Å². The van der Waals surface area contributed by atoms with Crippen LogP contribution in [0.3, 0.4) is 0 Å². The molecular weight excluding hydrogens is 224 g/mol. The third kappa shape index (κ3) is 3.33. The zero-order valence-electron chi connectivity index (χ0n) is 11.3. The van der Waals surface area contributed by atoms with Crippen molar-refractivity contribution in [3.63, 3.8) is 0 Å². The molecule has 0 saturated heterocycles. The second-order valence-electron chi connectivity index (χ2n) is 5.33. The molecule has 2 rings (SSSR count). The fourth-order valence-corrected chi connectivity index (χ4v) is 2.68. The van der Waals surface area contributed by atoms with Crippen molar-refractivity contribution in [1.29, 1.82) is 0 Å². The molecule has 0 saturated carbocycles. The van der Waals surface area contributed by atoms with Gasteiger partial charge in [0.15, 0.2) is 0 Å². The Bertz CT molecular complexity index is 426. The molecule has 1 atom stereocenters. The second-order valence-corrected chi connectivity index (χ2v) is 5.33. The summed E-state index contributed by atoms with van der Waals surface area (Å²) in [4.78, 5) is 6.34. The van der Waals surface area contributed by atoms with Gasteiger partial charge in [-0.25, -0.2) is 0 Å². The molecule has 1 N–H and O–H groups in total. The van der Waals surface area contributed by atoms with Crippen LogP contribution in [0.5, 0.6) is 5.75 Å². The van der Waals surface area contributed by atoms with E-state index in [0.29, 0.717) is 5.92 Å². The number of hydrogen-bond acceptors (Lipinski definition) is 3. The van der Waals surface area contributed by atoms with Gasteiger partial charge in [0.2, 0.25) is 0 Å². The highest BCUT2D eigenvalue weighted by Crippen LogP contribution is 2.32. The molecule has 0 spiro atoms. The first-order chi connectivity index (χ1) is 8.66. The van der Waals surface area contributed by atoms with Crippen molar-refractivity contribution in [3.8, 4) is 5.75 Å². The van der Waals surface area contributed by atoms with Crippen molar-refractivity contribution in [2.45, 2.75) is 25.7 Å². The van der Waals surface area contributed by atoms with Crippen molar-refractivity contribution >= 4 is 5.57 Å². The summed E-state index contributed by atoms with van der Waals surface area (Å²) < 4.78 is 0. The molecule has 3 nitrogen and oxygen atoms in total. The van der Waals surface area contributed by atoms with Crippen molar-refractivity contribution in [1.82, 2.24) is 9.88 Å². The van der Waals surface area contributed by atoms with Crippen molar-refractivity contribution in [2.75, 3.05) is 20.6 Å². The normalized spacial score (nSPS) is 20.6. The monoisotopic (exact) mass is 246 g/mol. The first kappa shape index (κ1) is 13.1. The van der Waals surface area contributed by atoms with Gasteiger partial charge in [0.05, 0.1) is 6.20 Å². The van der Waals surface area contributed by atoms with E-state index >= 15 is 0 Å². The zero-order valence-corrected chi connectivity index (χ0v) is 11.3. The molecule has 1 aromatic rings. The van der Waals surface area contributed by atoms with Crippen LogP contribution in [0.4, 0.5) is 0 Å². The van der Waals surface area contributed by atoms with Crippen LogP contribution in [0.15, 0.2) is 24.5 Å². The second kappa shape index (κ2) is 6.01. The van der Waals surface area contributed by atoms with Gasteiger partial charge in [-0.1, -0.05) is 12.5 Å². The van der Waals surface area contributed by atoms with Gasteiger partial charge in [0.1, 0.15) is 5.75 Å². The average molecular weight is 246 g/mol. The van der Waals surface area contributed by atoms with E-state index in [4.69, 9.17) is 0 Å². The van der Waals surface area contributed by atoms with E-state index in [-0.39, 0.29) is 5.75 Å². The summed E-state index contributed by atoms with van der Waals surface area (Å²) in [6.07, 6.45) is 10.6. The smallest absolute Gasteiger partial charge is 0.134 e. The number of aromatic hydroxyl groups is 1. The SMILES string of the molecule is CN(C)CC1CCCCC=C1c1cncc(O)c1. The Morgan fingerprint density at radius 2 is 2.17 bits per heavy atom. The van der Waals surface area contributed by atoms with E-state index in [0.717, 1.165) is 18.5 Å². The minimum absolute atomic E-state index is 0.251. The molecule has 1 aromatic heterocycles. The van der Waals surface area contributed by atoms with Crippen LogP contribution in [0, 0.1) is 5.92 Å². The topological polar surface area (TPSA) is 36.4 Å². The maximum atomic E-state index is 9.58. The number of nitrogens with zero attached hydrogens (tertiary/aromatic N) is 2. The predicted octanol–water partition coefficient (Wildman–Crippen LogP) is 2.92. The third-order valence-corrected chi connectivity index (χ3v) is 3.45. The van der Waals surface area contributed by atoms with Crippen molar-refractivity contribution in [2.24, 2.45) is 5.92 Å². The molecule has 0 bridgehead atoms. The number of aromatic nitrogens is 1. The first-order valence-electron chi connectivity index (χ1n) is 6.66. The van der Waals surface area contributed by atoms with Gasteiger partial charge in [-0.3, -0.25) is 4.98 Å². The number of rotatable bonds is 3. The minimum atomic E-state index is 0.251. The number of pyridine rings is 1. The molecule has 0 amide bonds. The molecular formula is C15H22N2O. The molecule has 0 fully saturated rings. The Hall–Kier alpha value is -1.35. The standard InChI is InChI=1S/C15H22N2O/c1-17(2)11-12-6-4-3-5-7-15(12)13-8-14(18)10-16-9-13/h7-10,12,18H,3-6,11H2,1-2H3. The van der Waals surface area contributed by atoms with E-state index in [1.165, 1.54) is 31.0 Å². The summed E-state index contributed by atoms with van der Waals surface area (Å²) >= 11 is 0. The van der Waals surface area contributed by atoms with Crippen molar-refractivity contribution in [3.05, 3.63) is 30.1 Å². The lowest BCUT2D eigenvalue weighted by Crippen LogP contribution is -2.22. The molecule has 0 radical (unpaired) electrons.